The Bertz CT molecular complexity index is 1380. The van der Waals surface area contributed by atoms with E-state index in [0.29, 0.717) is 0 Å². The molecule has 4 aliphatic carbocycles. The van der Waals surface area contributed by atoms with Gasteiger partial charge in [-0.05, 0) is 58.7 Å². The van der Waals surface area contributed by atoms with Crippen molar-refractivity contribution in [3.8, 4) is 5.75 Å². The molecular weight excluding hydrogens is 517 g/mol. The van der Waals surface area contributed by atoms with Crippen LogP contribution in [0.25, 0.3) is 0 Å². The summed E-state index contributed by atoms with van der Waals surface area (Å²) in [5.41, 5.74) is 2.27. The third-order valence-electron chi connectivity index (χ3n) is 9.58. The van der Waals surface area contributed by atoms with Crippen molar-refractivity contribution in [2.24, 2.45) is 17.6 Å². The highest BCUT2D eigenvalue weighted by atomic mass is 19.1. The lowest BCUT2D eigenvalue weighted by atomic mass is 9.57. The molecule has 7 N–H and O–H groups in total. The Morgan fingerprint density at radius 3 is 2.48 bits per heavy atom. The number of ketones is 1. The molecule has 1 aromatic rings. The van der Waals surface area contributed by atoms with E-state index in [1.807, 2.05) is 0 Å². The van der Waals surface area contributed by atoms with Crippen molar-refractivity contribution in [1.29, 1.82) is 0 Å². The van der Waals surface area contributed by atoms with Crippen LogP contribution in [0.2, 0.25) is 0 Å². The van der Waals surface area contributed by atoms with Crippen molar-refractivity contribution in [2.75, 3.05) is 14.1 Å². The number of aliphatic hydroxyl groups is 3. The van der Waals surface area contributed by atoms with Crippen molar-refractivity contribution in [3.05, 3.63) is 63.4 Å². The van der Waals surface area contributed by atoms with E-state index < -0.39 is 58.1 Å². The van der Waals surface area contributed by atoms with E-state index in [9.17, 15) is 30.0 Å². The fourth-order valence-electron chi connectivity index (χ4n) is 7.47. The van der Waals surface area contributed by atoms with Crippen LogP contribution < -0.4 is 11.1 Å². The minimum absolute atomic E-state index is 0.00265. The molecule has 0 bridgehead atoms. The number of allylic oxidation sites excluding steroid dienone is 1. The van der Waals surface area contributed by atoms with Crippen LogP contribution in [0.5, 0.6) is 5.75 Å². The highest BCUT2D eigenvalue weighted by Crippen LogP contribution is 2.55. The van der Waals surface area contributed by atoms with Crippen LogP contribution in [0.4, 0.5) is 4.39 Å². The van der Waals surface area contributed by atoms with Crippen LogP contribution in [-0.2, 0) is 17.8 Å². The summed E-state index contributed by atoms with van der Waals surface area (Å²) < 4.78 is 16.0. The average Bonchev–Trinajstić information content (AvgIpc) is 2.87. The molecule has 5 rings (SSSR count). The van der Waals surface area contributed by atoms with Gasteiger partial charge in [0.1, 0.15) is 23.1 Å². The quantitative estimate of drug-likeness (QED) is 0.324. The number of phenolic OH excluding ortho intramolecular Hbond substituents is 1. The number of likely N-dealkylation sites (N-methyl/N-ethyl adjacent to an activating group) is 1. The number of nitrogens with zero attached hydrogens (tertiary/aromatic N) is 1. The predicted molar refractivity (Wildman–Crippen MR) is 146 cm³/mol. The number of hydrogen-bond donors (Lipinski definition) is 6. The van der Waals surface area contributed by atoms with E-state index in [2.05, 4.69) is 18.8 Å². The van der Waals surface area contributed by atoms with Gasteiger partial charge in [0.05, 0.1) is 17.2 Å². The van der Waals surface area contributed by atoms with Crippen molar-refractivity contribution >= 4 is 11.7 Å². The number of primary amides is 1. The van der Waals surface area contributed by atoms with E-state index >= 15 is 4.39 Å². The third-order valence-corrected chi connectivity index (χ3v) is 9.58. The summed E-state index contributed by atoms with van der Waals surface area (Å²) in [5, 5.41) is 48.7. The van der Waals surface area contributed by atoms with Crippen LogP contribution in [0.15, 0.2) is 40.9 Å². The fraction of sp³-hybridized carbons (Fsp3) is 0.533. The Labute approximate surface area is 232 Å². The minimum atomic E-state index is -2.28. The number of carbonyl (C=O) groups excluding carboxylic acids is 2. The van der Waals surface area contributed by atoms with Gasteiger partial charge in [-0.1, -0.05) is 25.8 Å². The minimum Gasteiger partial charge on any atom is -0.510 e. The van der Waals surface area contributed by atoms with Gasteiger partial charge >= 0.3 is 0 Å². The lowest BCUT2D eigenvalue weighted by molar-refractivity contribution is -0.115. The summed E-state index contributed by atoms with van der Waals surface area (Å²) >= 11 is 0. The Hall–Kier alpha value is -3.21. The number of aromatic hydroxyl groups is 1. The summed E-state index contributed by atoms with van der Waals surface area (Å²) in [6, 6.07) is 0.306. The molecule has 9 nitrogen and oxygen atoms in total. The zero-order valence-electron chi connectivity index (χ0n) is 23.2. The maximum Gasteiger partial charge on any atom is 0.252 e. The molecule has 0 aliphatic heterocycles. The Morgan fingerprint density at radius 2 is 1.88 bits per heavy atom. The normalized spacial score (nSPS) is 29.8. The molecule has 0 heterocycles. The first-order valence-corrected chi connectivity index (χ1v) is 13.8. The van der Waals surface area contributed by atoms with Crippen LogP contribution in [-0.4, -0.2) is 68.3 Å². The fourth-order valence-corrected chi connectivity index (χ4v) is 7.47. The third kappa shape index (κ3) is 4.07. The Kier molecular flexibility index (Phi) is 6.88. The molecule has 4 atom stereocenters. The second-order valence-corrected chi connectivity index (χ2v) is 12.3. The van der Waals surface area contributed by atoms with Crippen molar-refractivity contribution in [1.82, 2.24) is 10.2 Å². The molecule has 0 unspecified atom stereocenters. The van der Waals surface area contributed by atoms with Crippen LogP contribution in [0.1, 0.15) is 66.9 Å². The number of phenols is 1. The first-order valence-electron chi connectivity index (χ1n) is 13.8. The zero-order valence-corrected chi connectivity index (χ0v) is 23.2. The van der Waals surface area contributed by atoms with E-state index in [4.69, 9.17) is 5.73 Å². The molecule has 0 spiro atoms. The molecule has 1 fully saturated rings. The number of benzene rings is 1. The second kappa shape index (κ2) is 9.71. The summed E-state index contributed by atoms with van der Waals surface area (Å²) in [6.07, 6.45) is 5.37. The van der Waals surface area contributed by atoms with Gasteiger partial charge in [-0.25, -0.2) is 4.39 Å². The van der Waals surface area contributed by atoms with Gasteiger partial charge in [-0.15, -0.1) is 0 Å². The van der Waals surface area contributed by atoms with Gasteiger partial charge in [-0.2, -0.15) is 0 Å². The summed E-state index contributed by atoms with van der Waals surface area (Å²) in [6.45, 7) is 6.08. The molecular formula is C30H38FN3O6. The number of amides is 1. The van der Waals surface area contributed by atoms with E-state index in [1.54, 1.807) is 19.0 Å². The van der Waals surface area contributed by atoms with Crippen molar-refractivity contribution in [2.45, 2.75) is 75.6 Å². The van der Waals surface area contributed by atoms with Gasteiger partial charge in [0.25, 0.3) is 5.91 Å². The summed E-state index contributed by atoms with van der Waals surface area (Å²) in [4.78, 5) is 27.6. The first kappa shape index (κ1) is 28.3. The monoisotopic (exact) mass is 555 g/mol. The maximum atomic E-state index is 16.0. The number of Topliss-reactive ketones (excluding diaryl/α,β-unsaturated/α-hetero) is 1. The molecule has 0 saturated heterocycles. The number of aliphatic hydroxyl groups excluding tert-OH is 2. The number of halogens is 1. The topological polar surface area (TPSA) is 156 Å². The molecule has 0 aromatic heterocycles. The second-order valence-electron chi connectivity index (χ2n) is 12.3. The smallest absolute Gasteiger partial charge is 0.252 e. The van der Waals surface area contributed by atoms with Crippen molar-refractivity contribution < 1.29 is 34.4 Å². The zero-order chi connectivity index (χ0) is 29.3. The van der Waals surface area contributed by atoms with Crippen LogP contribution in [0, 0.1) is 17.7 Å². The molecule has 1 aromatic carbocycles. The number of carbonyl (C=O) groups is 2. The summed E-state index contributed by atoms with van der Waals surface area (Å²) in [5.74, 6) is -5.55. The molecule has 216 valence electrons. The van der Waals surface area contributed by atoms with Crippen molar-refractivity contribution in [3.63, 3.8) is 0 Å². The number of fused-ring (bicyclic) bond motifs is 3. The van der Waals surface area contributed by atoms with E-state index in [0.717, 1.165) is 25.7 Å². The number of rotatable bonds is 5. The van der Waals surface area contributed by atoms with Crippen LogP contribution in [0.3, 0.4) is 0 Å². The number of hydrogen-bond acceptors (Lipinski definition) is 8. The van der Waals surface area contributed by atoms with Gasteiger partial charge in [-0.3, -0.25) is 14.5 Å². The van der Waals surface area contributed by atoms with Gasteiger partial charge in [0.2, 0.25) is 0 Å². The van der Waals surface area contributed by atoms with E-state index in [1.165, 1.54) is 12.5 Å². The van der Waals surface area contributed by atoms with E-state index in [-0.39, 0.29) is 58.5 Å². The molecule has 1 amide bonds. The standard InChI is InChI=1S/C30H38FN3O6/c1-14-20(28(32)39)26(37)24(34(3)4)18-11-15-10-17-22(25(36)21(15)27(38)30(14,18)40)19(35)12-16(23(17)31)13-33-29(2)8-6-5-7-9-29/h12,15,18,24,33,35,37-38,40H,1,5-11,13H2,2-4H3,(H2,32,39)/t15-,18-,24-,30-/m0/s1. The molecule has 1 saturated carbocycles. The lowest BCUT2D eigenvalue weighted by Crippen LogP contribution is -2.60. The molecule has 0 radical (unpaired) electrons. The van der Waals surface area contributed by atoms with Gasteiger partial charge in [0, 0.05) is 40.3 Å². The average molecular weight is 556 g/mol. The lowest BCUT2D eigenvalue weighted by Gasteiger charge is -2.52. The molecule has 4 aliphatic rings. The van der Waals surface area contributed by atoms with Gasteiger partial charge in [0.15, 0.2) is 11.4 Å². The highest BCUT2D eigenvalue weighted by molar-refractivity contribution is 6.13. The predicted octanol–water partition coefficient (Wildman–Crippen LogP) is 3.06. The SMILES string of the molecule is C=C1C(C(N)=O)=C(O)[C@@H](N(C)C)[C@@H]2C[C@@H]3Cc4c(F)c(CNC5(C)CCCCC5)cc(O)c4C(=O)C3=C(O)[C@]12O. The number of nitrogens with two attached hydrogens (primary N) is 1. The Morgan fingerprint density at radius 1 is 1.23 bits per heavy atom. The first-order chi connectivity index (χ1) is 18.7. The Balaban J connectivity index is 1.58. The molecule has 10 heteroatoms. The van der Waals surface area contributed by atoms with Gasteiger partial charge < -0.3 is 31.5 Å². The number of nitrogens with one attached hydrogen (secondary N) is 1. The largest absolute Gasteiger partial charge is 0.510 e. The maximum absolute atomic E-state index is 16.0. The summed E-state index contributed by atoms with van der Waals surface area (Å²) in [7, 11) is 3.27. The highest BCUT2D eigenvalue weighted by Gasteiger charge is 2.60. The molecule has 40 heavy (non-hydrogen) atoms. The van der Waals surface area contributed by atoms with Crippen LogP contribution >= 0.6 is 0 Å².